The molecule has 2 N–H and O–H groups in total. The fourth-order valence-electron chi connectivity index (χ4n) is 2.53. The van der Waals surface area contributed by atoms with Crippen LogP contribution in [0, 0.1) is 5.92 Å². The molecule has 1 fully saturated rings. The smallest absolute Gasteiger partial charge is 0.389 e. The zero-order chi connectivity index (χ0) is 14.1. The van der Waals surface area contributed by atoms with E-state index >= 15 is 0 Å². The summed E-state index contributed by atoms with van der Waals surface area (Å²) >= 11 is 0. The summed E-state index contributed by atoms with van der Waals surface area (Å²) < 4.78 is 37.9. The standard InChI is InChI=1S/C14H18F3NO/c1-10-9-18-6-5-13(10,19)8-11-3-2-4-12(7-11)14(15,16)17/h2-4,7,10,18-19H,5-6,8-9H2,1H3. The van der Waals surface area contributed by atoms with Crippen LogP contribution < -0.4 is 5.32 Å². The van der Waals surface area contributed by atoms with E-state index in [1.807, 2.05) is 6.92 Å². The number of rotatable bonds is 2. The van der Waals surface area contributed by atoms with Gasteiger partial charge in [0.25, 0.3) is 0 Å². The zero-order valence-electron chi connectivity index (χ0n) is 10.8. The summed E-state index contributed by atoms with van der Waals surface area (Å²) in [5.41, 5.74) is -1.04. The van der Waals surface area contributed by atoms with Gasteiger partial charge in [-0.2, -0.15) is 13.2 Å². The topological polar surface area (TPSA) is 32.3 Å². The van der Waals surface area contributed by atoms with Crippen LogP contribution in [0.1, 0.15) is 24.5 Å². The SMILES string of the molecule is CC1CNCCC1(O)Cc1cccc(C(F)(F)F)c1. The van der Waals surface area contributed by atoms with Crippen molar-refractivity contribution in [2.45, 2.75) is 31.5 Å². The van der Waals surface area contributed by atoms with Crippen LogP contribution in [0.2, 0.25) is 0 Å². The van der Waals surface area contributed by atoms with Gasteiger partial charge in [0.05, 0.1) is 11.2 Å². The van der Waals surface area contributed by atoms with E-state index in [2.05, 4.69) is 5.32 Å². The molecule has 2 rings (SSSR count). The van der Waals surface area contributed by atoms with Crippen molar-refractivity contribution in [3.05, 3.63) is 35.4 Å². The first-order chi connectivity index (χ1) is 8.81. The Hall–Kier alpha value is -1.07. The third-order valence-electron chi connectivity index (χ3n) is 3.87. The Morgan fingerprint density at radius 3 is 2.79 bits per heavy atom. The Bertz CT molecular complexity index is 447. The van der Waals surface area contributed by atoms with E-state index in [4.69, 9.17) is 0 Å². The number of piperidine rings is 1. The minimum atomic E-state index is -4.33. The number of hydrogen-bond donors (Lipinski definition) is 2. The van der Waals surface area contributed by atoms with Crippen molar-refractivity contribution in [2.75, 3.05) is 13.1 Å². The maximum Gasteiger partial charge on any atom is 0.416 e. The van der Waals surface area contributed by atoms with Gasteiger partial charge in [0, 0.05) is 13.0 Å². The van der Waals surface area contributed by atoms with Gasteiger partial charge in [0.15, 0.2) is 0 Å². The molecule has 0 amide bonds. The van der Waals surface area contributed by atoms with E-state index in [1.165, 1.54) is 6.07 Å². The first kappa shape index (κ1) is 14.3. The van der Waals surface area contributed by atoms with E-state index in [-0.39, 0.29) is 12.3 Å². The molecule has 1 aliphatic rings. The fourth-order valence-corrected chi connectivity index (χ4v) is 2.53. The molecule has 19 heavy (non-hydrogen) atoms. The molecule has 0 bridgehead atoms. The van der Waals surface area contributed by atoms with Crippen molar-refractivity contribution in [3.8, 4) is 0 Å². The highest BCUT2D eigenvalue weighted by Gasteiger charge is 2.37. The Morgan fingerprint density at radius 1 is 1.42 bits per heavy atom. The molecule has 106 valence electrons. The molecule has 0 saturated carbocycles. The Balaban J connectivity index is 2.19. The molecule has 1 heterocycles. The van der Waals surface area contributed by atoms with E-state index < -0.39 is 17.3 Å². The molecule has 2 nitrogen and oxygen atoms in total. The minimum absolute atomic E-state index is 0.0239. The summed E-state index contributed by atoms with van der Waals surface area (Å²) in [4.78, 5) is 0. The summed E-state index contributed by atoms with van der Waals surface area (Å²) in [6.45, 7) is 3.30. The number of hydrogen-bond acceptors (Lipinski definition) is 2. The molecule has 2 unspecified atom stereocenters. The van der Waals surface area contributed by atoms with Crippen molar-refractivity contribution in [2.24, 2.45) is 5.92 Å². The van der Waals surface area contributed by atoms with Crippen LogP contribution in [0.3, 0.4) is 0 Å². The van der Waals surface area contributed by atoms with Gasteiger partial charge in [-0.3, -0.25) is 0 Å². The van der Waals surface area contributed by atoms with Gasteiger partial charge < -0.3 is 10.4 Å². The van der Waals surface area contributed by atoms with Gasteiger partial charge in [-0.1, -0.05) is 25.1 Å². The lowest BCUT2D eigenvalue weighted by Crippen LogP contribution is -2.50. The number of halogens is 3. The van der Waals surface area contributed by atoms with Crippen molar-refractivity contribution >= 4 is 0 Å². The average Bonchev–Trinajstić information content (AvgIpc) is 2.32. The molecule has 0 radical (unpaired) electrons. The molecule has 1 aliphatic heterocycles. The van der Waals surface area contributed by atoms with Crippen LogP contribution in [0.4, 0.5) is 13.2 Å². The molecule has 5 heteroatoms. The van der Waals surface area contributed by atoms with Crippen molar-refractivity contribution in [1.29, 1.82) is 0 Å². The highest BCUT2D eigenvalue weighted by Crippen LogP contribution is 2.32. The van der Waals surface area contributed by atoms with Crippen LogP contribution in [-0.4, -0.2) is 23.8 Å². The van der Waals surface area contributed by atoms with Gasteiger partial charge in [-0.25, -0.2) is 0 Å². The van der Waals surface area contributed by atoms with Crippen molar-refractivity contribution < 1.29 is 18.3 Å². The third kappa shape index (κ3) is 3.28. The molecule has 1 saturated heterocycles. The summed E-state index contributed by atoms with van der Waals surface area (Å²) in [5.74, 6) is 0.0239. The van der Waals surface area contributed by atoms with Crippen LogP contribution in [0.15, 0.2) is 24.3 Å². The number of nitrogens with one attached hydrogen (secondary N) is 1. The molecule has 2 atom stereocenters. The average molecular weight is 273 g/mol. The second-order valence-electron chi connectivity index (χ2n) is 5.33. The van der Waals surface area contributed by atoms with Gasteiger partial charge in [-0.15, -0.1) is 0 Å². The fraction of sp³-hybridized carbons (Fsp3) is 0.571. The second kappa shape index (κ2) is 5.13. The molecule has 1 aromatic carbocycles. The molecular formula is C14H18F3NO. The summed E-state index contributed by atoms with van der Waals surface area (Å²) in [5, 5.41) is 13.7. The summed E-state index contributed by atoms with van der Waals surface area (Å²) in [6, 6.07) is 5.22. The first-order valence-electron chi connectivity index (χ1n) is 6.40. The molecule has 1 aromatic rings. The quantitative estimate of drug-likeness (QED) is 0.868. The van der Waals surface area contributed by atoms with Crippen LogP contribution in [0.25, 0.3) is 0 Å². The van der Waals surface area contributed by atoms with Crippen LogP contribution in [-0.2, 0) is 12.6 Å². The third-order valence-corrected chi connectivity index (χ3v) is 3.87. The molecule has 0 aromatic heterocycles. The number of alkyl halides is 3. The highest BCUT2D eigenvalue weighted by atomic mass is 19.4. The Kier molecular flexibility index (Phi) is 3.87. The minimum Gasteiger partial charge on any atom is -0.389 e. The van der Waals surface area contributed by atoms with E-state index in [9.17, 15) is 18.3 Å². The van der Waals surface area contributed by atoms with Gasteiger partial charge in [0.2, 0.25) is 0 Å². The molecule has 0 spiro atoms. The highest BCUT2D eigenvalue weighted by molar-refractivity contribution is 5.27. The van der Waals surface area contributed by atoms with E-state index in [0.717, 1.165) is 12.1 Å². The van der Waals surface area contributed by atoms with Gasteiger partial charge >= 0.3 is 6.18 Å². The molecule has 0 aliphatic carbocycles. The lowest BCUT2D eigenvalue weighted by Gasteiger charge is -2.38. The van der Waals surface area contributed by atoms with Crippen LogP contribution >= 0.6 is 0 Å². The number of benzene rings is 1. The lowest BCUT2D eigenvalue weighted by molar-refractivity contribution is -0.137. The summed E-state index contributed by atoms with van der Waals surface area (Å²) in [6.07, 6.45) is -3.51. The van der Waals surface area contributed by atoms with Gasteiger partial charge in [0.1, 0.15) is 0 Å². The normalized spacial score (nSPS) is 28.4. The monoisotopic (exact) mass is 273 g/mol. The Labute approximate surface area is 110 Å². The van der Waals surface area contributed by atoms with Crippen molar-refractivity contribution in [1.82, 2.24) is 5.32 Å². The van der Waals surface area contributed by atoms with Gasteiger partial charge in [-0.05, 0) is 30.5 Å². The summed E-state index contributed by atoms with van der Waals surface area (Å²) in [7, 11) is 0. The largest absolute Gasteiger partial charge is 0.416 e. The van der Waals surface area contributed by atoms with Crippen molar-refractivity contribution in [3.63, 3.8) is 0 Å². The van der Waals surface area contributed by atoms with Crippen LogP contribution in [0.5, 0.6) is 0 Å². The first-order valence-corrected chi connectivity index (χ1v) is 6.40. The predicted molar refractivity (Wildman–Crippen MR) is 66.7 cm³/mol. The maximum atomic E-state index is 12.6. The number of aliphatic hydroxyl groups is 1. The van der Waals surface area contributed by atoms with E-state index in [1.54, 1.807) is 6.07 Å². The molecular weight excluding hydrogens is 255 g/mol. The second-order valence-corrected chi connectivity index (χ2v) is 5.33. The Morgan fingerprint density at radius 2 is 2.16 bits per heavy atom. The maximum absolute atomic E-state index is 12.6. The lowest BCUT2D eigenvalue weighted by atomic mass is 9.78. The zero-order valence-corrected chi connectivity index (χ0v) is 10.8. The van der Waals surface area contributed by atoms with E-state index in [0.29, 0.717) is 25.1 Å². The predicted octanol–water partition coefficient (Wildman–Crippen LogP) is 2.61.